The quantitative estimate of drug-likeness (QED) is 0.358. The van der Waals surface area contributed by atoms with E-state index in [4.69, 9.17) is 0 Å². The summed E-state index contributed by atoms with van der Waals surface area (Å²) in [5.74, 6) is -0.0645. The first-order chi connectivity index (χ1) is 17.4. The number of nitrogens with one attached hydrogen (secondary N) is 2. The van der Waals surface area contributed by atoms with Crippen LogP contribution < -0.4 is 10.6 Å². The fraction of sp³-hybridized carbons (Fsp3) is 0.656. The highest BCUT2D eigenvalue weighted by Crippen LogP contribution is 2.29. The highest BCUT2D eigenvalue weighted by Gasteiger charge is 2.41. The van der Waals surface area contributed by atoms with E-state index in [0.29, 0.717) is 5.57 Å². The summed E-state index contributed by atoms with van der Waals surface area (Å²) in [7, 11) is 3.54. The van der Waals surface area contributed by atoms with Gasteiger partial charge in [-0.3, -0.25) is 14.4 Å². The number of ketones is 1. The van der Waals surface area contributed by atoms with E-state index in [1.807, 2.05) is 113 Å². The molecule has 1 aromatic carbocycles. The van der Waals surface area contributed by atoms with Gasteiger partial charge in [0.05, 0.1) is 12.1 Å². The smallest absolute Gasteiger partial charge is 0.245 e. The van der Waals surface area contributed by atoms with Crippen LogP contribution in [0.2, 0.25) is 0 Å². The van der Waals surface area contributed by atoms with Gasteiger partial charge >= 0.3 is 0 Å². The van der Waals surface area contributed by atoms with Crippen LogP contribution in [0.4, 0.5) is 0 Å². The number of hydrogen-bond acceptors (Lipinski definition) is 4. The zero-order chi connectivity index (χ0) is 29.6. The molecule has 0 spiro atoms. The lowest BCUT2D eigenvalue weighted by Gasteiger charge is -2.40. The molecule has 0 saturated heterocycles. The number of carbonyl (C=O) groups is 3. The van der Waals surface area contributed by atoms with Crippen LogP contribution in [0.15, 0.2) is 42.0 Å². The van der Waals surface area contributed by atoms with Crippen molar-refractivity contribution in [3.63, 3.8) is 0 Å². The van der Waals surface area contributed by atoms with Gasteiger partial charge in [0, 0.05) is 18.4 Å². The Hall–Kier alpha value is -2.47. The molecule has 0 aliphatic carbocycles. The fourth-order valence-corrected chi connectivity index (χ4v) is 4.83. The maximum atomic E-state index is 14.0. The molecule has 6 heteroatoms. The van der Waals surface area contributed by atoms with Gasteiger partial charge in [0.15, 0.2) is 5.78 Å². The number of rotatable bonds is 12. The van der Waals surface area contributed by atoms with Crippen molar-refractivity contribution in [2.24, 2.45) is 23.2 Å². The predicted octanol–water partition coefficient (Wildman–Crippen LogP) is 5.37. The van der Waals surface area contributed by atoms with Gasteiger partial charge in [-0.25, -0.2) is 0 Å². The number of likely N-dealkylation sites (N-methyl/N-ethyl adjacent to an activating group) is 2. The third-order valence-electron chi connectivity index (χ3n) is 7.89. The van der Waals surface area contributed by atoms with E-state index in [-0.39, 0.29) is 41.4 Å². The predicted molar refractivity (Wildman–Crippen MR) is 158 cm³/mol. The Labute approximate surface area is 232 Å². The van der Waals surface area contributed by atoms with Crippen LogP contribution >= 0.6 is 0 Å². The Morgan fingerprint density at radius 1 is 0.868 bits per heavy atom. The van der Waals surface area contributed by atoms with Crippen molar-refractivity contribution < 1.29 is 14.4 Å². The van der Waals surface area contributed by atoms with Crippen LogP contribution in [0.5, 0.6) is 0 Å². The minimum absolute atomic E-state index is 0.0828. The number of allylic oxidation sites excluding steroid dienone is 1. The van der Waals surface area contributed by atoms with Crippen LogP contribution in [0.25, 0.3) is 0 Å². The topological polar surface area (TPSA) is 78.5 Å². The minimum Gasteiger partial charge on any atom is -0.342 e. The molecule has 0 fully saturated rings. The molecule has 38 heavy (non-hydrogen) atoms. The molecule has 0 aliphatic rings. The lowest BCUT2D eigenvalue weighted by atomic mass is 9.76. The molecule has 214 valence electrons. The summed E-state index contributed by atoms with van der Waals surface area (Å²) >= 11 is 0. The highest BCUT2D eigenvalue weighted by molar-refractivity contribution is 5.97. The molecular formula is C32H53N3O3. The minimum atomic E-state index is -0.748. The Kier molecular flexibility index (Phi) is 12.0. The number of carbonyl (C=O) groups excluding carboxylic acids is 3. The van der Waals surface area contributed by atoms with E-state index < -0.39 is 22.9 Å². The molecule has 2 amide bonds. The highest BCUT2D eigenvalue weighted by atomic mass is 16.2. The second-order valence-corrected chi connectivity index (χ2v) is 13.0. The first-order valence-corrected chi connectivity index (χ1v) is 13.9. The van der Waals surface area contributed by atoms with E-state index >= 15 is 0 Å². The lowest BCUT2D eigenvalue weighted by Crippen LogP contribution is -2.61. The molecule has 1 rings (SSSR count). The molecule has 6 nitrogen and oxygen atoms in total. The third kappa shape index (κ3) is 8.26. The van der Waals surface area contributed by atoms with Crippen molar-refractivity contribution in [1.29, 1.82) is 0 Å². The summed E-state index contributed by atoms with van der Waals surface area (Å²) in [5.41, 5.74) is 0.663. The van der Waals surface area contributed by atoms with Crippen LogP contribution in [-0.2, 0) is 19.8 Å². The fourth-order valence-electron chi connectivity index (χ4n) is 4.83. The number of amides is 2. The standard InChI is InChI=1S/C32H53N3O3/c1-20(2)23(6)26(36)22(5)19-25(21(3)4)35(13)30(38)28(31(7,8)9)34-29(37)27(33-12)32(10,11)24-17-15-14-16-18-24/h14-21,23,25,27-28,33H,1-13H3,(H,34,37)/b22-19+/t23?,25-,27-,28-/m1/s1. The summed E-state index contributed by atoms with van der Waals surface area (Å²) in [6.07, 6.45) is 1.92. The largest absolute Gasteiger partial charge is 0.342 e. The normalized spacial score (nSPS) is 16.1. The Morgan fingerprint density at radius 3 is 1.82 bits per heavy atom. The molecule has 0 heterocycles. The van der Waals surface area contributed by atoms with Crippen molar-refractivity contribution in [2.45, 2.75) is 99.7 Å². The number of Topliss-reactive ketones (excluding diaryl/α,β-unsaturated/α-hetero) is 1. The van der Waals surface area contributed by atoms with Gasteiger partial charge in [0.2, 0.25) is 11.8 Å². The van der Waals surface area contributed by atoms with E-state index in [2.05, 4.69) is 10.6 Å². The van der Waals surface area contributed by atoms with Crippen molar-refractivity contribution in [3.05, 3.63) is 47.5 Å². The lowest BCUT2D eigenvalue weighted by molar-refractivity contribution is -0.141. The van der Waals surface area contributed by atoms with E-state index in [0.717, 1.165) is 5.56 Å². The summed E-state index contributed by atoms with van der Waals surface area (Å²) in [4.78, 5) is 42.3. The maximum absolute atomic E-state index is 14.0. The second-order valence-electron chi connectivity index (χ2n) is 13.0. The average Bonchev–Trinajstić information content (AvgIpc) is 2.83. The summed E-state index contributed by atoms with van der Waals surface area (Å²) in [6, 6.07) is 8.33. The molecular weight excluding hydrogens is 474 g/mol. The third-order valence-corrected chi connectivity index (χ3v) is 7.89. The molecule has 1 unspecified atom stereocenters. The van der Waals surface area contributed by atoms with E-state index in [1.54, 1.807) is 19.0 Å². The molecule has 0 aromatic heterocycles. The van der Waals surface area contributed by atoms with E-state index in [9.17, 15) is 14.4 Å². The molecule has 1 aromatic rings. The average molecular weight is 528 g/mol. The number of nitrogens with zero attached hydrogens (tertiary/aromatic N) is 1. The molecule has 4 atom stereocenters. The van der Waals surface area contributed by atoms with Crippen LogP contribution in [0.1, 0.15) is 81.7 Å². The Balaban J connectivity index is 3.32. The van der Waals surface area contributed by atoms with Crippen molar-refractivity contribution in [2.75, 3.05) is 14.1 Å². The van der Waals surface area contributed by atoms with Crippen molar-refractivity contribution in [1.82, 2.24) is 15.5 Å². The van der Waals surface area contributed by atoms with Gasteiger partial charge in [0.1, 0.15) is 6.04 Å². The molecule has 0 radical (unpaired) electrons. The van der Waals surface area contributed by atoms with Crippen LogP contribution in [0, 0.1) is 23.2 Å². The first kappa shape index (κ1) is 33.6. The zero-order valence-electron chi connectivity index (χ0n) is 26.1. The summed E-state index contributed by atoms with van der Waals surface area (Å²) < 4.78 is 0. The van der Waals surface area contributed by atoms with Crippen LogP contribution in [0.3, 0.4) is 0 Å². The van der Waals surface area contributed by atoms with Crippen LogP contribution in [-0.4, -0.2) is 54.7 Å². The van der Waals surface area contributed by atoms with Crippen molar-refractivity contribution >= 4 is 17.6 Å². The van der Waals surface area contributed by atoms with Gasteiger partial charge < -0.3 is 15.5 Å². The van der Waals surface area contributed by atoms with Crippen molar-refractivity contribution in [3.8, 4) is 0 Å². The Bertz CT molecular complexity index is 973. The van der Waals surface area contributed by atoms with Gasteiger partial charge in [-0.05, 0) is 42.4 Å². The summed E-state index contributed by atoms with van der Waals surface area (Å²) in [5, 5.41) is 6.27. The number of benzene rings is 1. The number of hydrogen-bond donors (Lipinski definition) is 2. The first-order valence-electron chi connectivity index (χ1n) is 13.9. The van der Waals surface area contributed by atoms with Gasteiger partial charge in [0.25, 0.3) is 0 Å². The summed E-state index contributed by atoms with van der Waals surface area (Å²) in [6.45, 7) is 21.9. The van der Waals surface area contributed by atoms with Gasteiger partial charge in [-0.2, -0.15) is 0 Å². The van der Waals surface area contributed by atoms with Gasteiger partial charge in [-0.1, -0.05) is 106 Å². The molecule has 0 bridgehead atoms. The SMILES string of the molecule is CN[C@H](C(=O)N[C@H](C(=O)N(C)[C@H](/C=C(\C)C(=O)C(C)C(C)C)C(C)C)C(C)(C)C)C(C)(C)c1ccccc1. The Morgan fingerprint density at radius 2 is 1.39 bits per heavy atom. The zero-order valence-corrected chi connectivity index (χ0v) is 26.1. The molecule has 0 aliphatic heterocycles. The van der Waals surface area contributed by atoms with E-state index in [1.165, 1.54) is 0 Å². The monoisotopic (exact) mass is 527 g/mol. The second kappa shape index (κ2) is 13.5. The maximum Gasteiger partial charge on any atom is 0.245 e. The van der Waals surface area contributed by atoms with Gasteiger partial charge in [-0.15, -0.1) is 0 Å². The molecule has 2 N–H and O–H groups in total. The molecule has 0 saturated carbocycles.